The summed E-state index contributed by atoms with van der Waals surface area (Å²) in [5.41, 5.74) is 0. The van der Waals surface area contributed by atoms with Gasteiger partial charge in [-0.3, -0.25) is 14.4 Å². The van der Waals surface area contributed by atoms with Crippen LogP contribution in [0.2, 0.25) is 0 Å². The van der Waals surface area contributed by atoms with Crippen LogP contribution in [0.3, 0.4) is 0 Å². The van der Waals surface area contributed by atoms with Crippen molar-refractivity contribution in [1.82, 2.24) is 0 Å². The molecule has 0 aromatic heterocycles. The minimum Gasteiger partial charge on any atom is -0.462 e. The summed E-state index contributed by atoms with van der Waals surface area (Å²) in [5, 5.41) is 0. The SMILES string of the molecule is CC\C=C/C=C\C=C/CCCCCCCC(=O)OC(COC(=O)CCCCCCC\C=C/C=C\C=C/C=C\C=C/CCC)COC(=O)CCCCCCCCCCCC. The van der Waals surface area contributed by atoms with Gasteiger partial charge in [0.25, 0.3) is 0 Å². The van der Waals surface area contributed by atoms with Crippen molar-refractivity contribution in [1.29, 1.82) is 0 Å². The van der Waals surface area contributed by atoms with Crippen LogP contribution in [0.1, 0.15) is 201 Å². The van der Waals surface area contributed by atoms with Crippen molar-refractivity contribution >= 4 is 17.9 Å². The largest absolute Gasteiger partial charge is 0.462 e. The van der Waals surface area contributed by atoms with Gasteiger partial charge in [0.2, 0.25) is 0 Å². The molecule has 0 radical (unpaired) electrons. The molecule has 0 aliphatic rings. The molecule has 0 fully saturated rings. The molecule has 0 aliphatic carbocycles. The van der Waals surface area contributed by atoms with Crippen LogP contribution in [0, 0.1) is 0 Å². The fourth-order valence-corrected chi connectivity index (χ4v) is 6.18. The van der Waals surface area contributed by atoms with Crippen LogP contribution in [-0.4, -0.2) is 37.2 Å². The number of carbonyl (C=O) groups excluding carboxylic acids is 3. The van der Waals surface area contributed by atoms with E-state index in [1.54, 1.807) is 0 Å². The number of allylic oxidation sites excluding steroid dienone is 16. The first-order chi connectivity index (χ1) is 29.0. The highest BCUT2D eigenvalue weighted by molar-refractivity contribution is 5.71. The fourth-order valence-electron chi connectivity index (χ4n) is 6.18. The van der Waals surface area contributed by atoms with Gasteiger partial charge in [-0.05, 0) is 57.8 Å². The van der Waals surface area contributed by atoms with Crippen molar-refractivity contribution in [2.75, 3.05) is 13.2 Å². The second-order valence-corrected chi connectivity index (χ2v) is 15.5. The van der Waals surface area contributed by atoms with Gasteiger partial charge in [-0.2, -0.15) is 0 Å². The van der Waals surface area contributed by atoms with Crippen LogP contribution in [-0.2, 0) is 28.6 Å². The second kappa shape index (κ2) is 47.0. The Bertz CT molecular complexity index is 1220. The van der Waals surface area contributed by atoms with Gasteiger partial charge < -0.3 is 14.2 Å². The standard InChI is InChI=1S/C53H86O6/c1-4-7-10-13-16-19-22-24-25-26-27-28-30-31-34-37-40-43-46-52(55)58-49-50(48-57-51(54)45-42-39-36-33-21-18-15-12-9-6-3)59-53(56)47-44-41-38-35-32-29-23-20-17-14-11-8-5-2/h8,10-11,13-14,16-17,19-20,22-28,50H,4-7,9,12,15,18,21,29-49H2,1-3H3/b11-8-,13-10-,17-14-,19-16-,23-20-,24-22-,26-25-,28-27-. The molecule has 334 valence electrons. The molecule has 0 bridgehead atoms. The van der Waals surface area contributed by atoms with E-state index in [0.717, 1.165) is 109 Å². The van der Waals surface area contributed by atoms with Gasteiger partial charge in [0.05, 0.1) is 0 Å². The molecule has 0 saturated heterocycles. The topological polar surface area (TPSA) is 78.9 Å². The zero-order chi connectivity index (χ0) is 43.0. The molecular formula is C53H86O6. The molecular weight excluding hydrogens is 733 g/mol. The second-order valence-electron chi connectivity index (χ2n) is 15.5. The number of hydrogen-bond donors (Lipinski definition) is 0. The van der Waals surface area contributed by atoms with Crippen molar-refractivity contribution < 1.29 is 28.6 Å². The van der Waals surface area contributed by atoms with E-state index in [9.17, 15) is 14.4 Å². The average molecular weight is 819 g/mol. The molecule has 1 unspecified atom stereocenters. The van der Waals surface area contributed by atoms with Gasteiger partial charge in [-0.15, -0.1) is 0 Å². The van der Waals surface area contributed by atoms with Crippen LogP contribution >= 0.6 is 0 Å². The summed E-state index contributed by atoms with van der Waals surface area (Å²) in [6, 6.07) is 0. The predicted molar refractivity (Wildman–Crippen MR) is 251 cm³/mol. The van der Waals surface area contributed by atoms with E-state index < -0.39 is 6.10 Å². The van der Waals surface area contributed by atoms with E-state index in [0.29, 0.717) is 19.3 Å². The van der Waals surface area contributed by atoms with E-state index in [2.05, 4.69) is 75.5 Å². The Hall–Kier alpha value is -3.67. The van der Waals surface area contributed by atoms with Gasteiger partial charge >= 0.3 is 17.9 Å². The highest BCUT2D eigenvalue weighted by Gasteiger charge is 2.19. The minimum absolute atomic E-state index is 0.0947. The molecule has 0 aromatic rings. The first-order valence-electron chi connectivity index (χ1n) is 23.8. The summed E-state index contributed by atoms with van der Waals surface area (Å²) < 4.78 is 16.7. The zero-order valence-electron chi connectivity index (χ0n) is 38.0. The smallest absolute Gasteiger partial charge is 0.306 e. The maximum Gasteiger partial charge on any atom is 0.306 e. The van der Waals surface area contributed by atoms with Gasteiger partial charge in [0.15, 0.2) is 6.10 Å². The average Bonchev–Trinajstić information content (AvgIpc) is 3.23. The van der Waals surface area contributed by atoms with E-state index in [1.165, 1.54) is 51.4 Å². The summed E-state index contributed by atoms with van der Waals surface area (Å²) in [6.07, 6.45) is 60.9. The lowest BCUT2D eigenvalue weighted by molar-refractivity contribution is -0.167. The lowest BCUT2D eigenvalue weighted by atomic mass is 10.1. The lowest BCUT2D eigenvalue weighted by Crippen LogP contribution is -2.30. The Morgan fingerprint density at radius 1 is 0.356 bits per heavy atom. The van der Waals surface area contributed by atoms with E-state index in [4.69, 9.17) is 14.2 Å². The zero-order valence-corrected chi connectivity index (χ0v) is 38.0. The molecule has 0 rings (SSSR count). The molecule has 0 spiro atoms. The summed E-state index contributed by atoms with van der Waals surface area (Å²) in [7, 11) is 0. The molecule has 6 heteroatoms. The van der Waals surface area contributed by atoms with E-state index in [-0.39, 0.29) is 31.1 Å². The Kier molecular flexibility index (Phi) is 44.1. The molecule has 0 N–H and O–H groups in total. The Balaban J connectivity index is 4.46. The van der Waals surface area contributed by atoms with Crippen molar-refractivity contribution in [3.63, 3.8) is 0 Å². The third-order valence-corrected chi connectivity index (χ3v) is 9.74. The van der Waals surface area contributed by atoms with Gasteiger partial charge in [-0.1, -0.05) is 221 Å². The number of hydrogen-bond acceptors (Lipinski definition) is 6. The summed E-state index contributed by atoms with van der Waals surface area (Å²) in [4.78, 5) is 37.8. The predicted octanol–water partition coefficient (Wildman–Crippen LogP) is 15.4. The Morgan fingerprint density at radius 3 is 1.10 bits per heavy atom. The summed E-state index contributed by atoms with van der Waals surface area (Å²) in [6.45, 7) is 6.34. The Labute approximate surface area is 362 Å². The number of esters is 3. The molecule has 0 saturated carbocycles. The maximum absolute atomic E-state index is 12.7. The van der Waals surface area contributed by atoms with Crippen LogP contribution in [0.5, 0.6) is 0 Å². The molecule has 0 aliphatic heterocycles. The van der Waals surface area contributed by atoms with Gasteiger partial charge in [-0.25, -0.2) is 0 Å². The van der Waals surface area contributed by atoms with Crippen LogP contribution in [0.4, 0.5) is 0 Å². The van der Waals surface area contributed by atoms with Crippen LogP contribution in [0.25, 0.3) is 0 Å². The number of rotatable bonds is 41. The maximum atomic E-state index is 12.7. The molecule has 59 heavy (non-hydrogen) atoms. The monoisotopic (exact) mass is 819 g/mol. The number of carbonyl (C=O) groups is 3. The summed E-state index contributed by atoms with van der Waals surface area (Å²) >= 11 is 0. The fraction of sp³-hybridized carbons (Fsp3) is 0.642. The molecule has 0 aromatic carbocycles. The highest BCUT2D eigenvalue weighted by atomic mass is 16.6. The molecule has 0 amide bonds. The highest BCUT2D eigenvalue weighted by Crippen LogP contribution is 2.14. The van der Waals surface area contributed by atoms with Gasteiger partial charge in [0.1, 0.15) is 13.2 Å². The van der Waals surface area contributed by atoms with E-state index >= 15 is 0 Å². The van der Waals surface area contributed by atoms with Crippen molar-refractivity contribution in [3.8, 4) is 0 Å². The van der Waals surface area contributed by atoms with Crippen LogP contribution < -0.4 is 0 Å². The first kappa shape index (κ1) is 55.3. The van der Waals surface area contributed by atoms with Crippen molar-refractivity contribution in [3.05, 3.63) is 97.2 Å². The lowest BCUT2D eigenvalue weighted by Gasteiger charge is -2.18. The number of ether oxygens (including phenoxy) is 3. The number of unbranched alkanes of at least 4 members (excludes halogenated alkanes) is 20. The van der Waals surface area contributed by atoms with Gasteiger partial charge in [0, 0.05) is 19.3 Å². The molecule has 0 heterocycles. The van der Waals surface area contributed by atoms with E-state index in [1.807, 2.05) is 42.5 Å². The molecule has 6 nitrogen and oxygen atoms in total. The van der Waals surface area contributed by atoms with Crippen molar-refractivity contribution in [2.45, 2.75) is 207 Å². The Morgan fingerprint density at radius 2 is 0.695 bits per heavy atom. The van der Waals surface area contributed by atoms with Crippen LogP contribution in [0.15, 0.2) is 97.2 Å². The third kappa shape index (κ3) is 45.3. The normalized spacial score (nSPS) is 12.9. The first-order valence-corrected chi connectivity index (χ1v) is 23.8. The third-order valence-electron chi connectivity index (χ3n) is 9.74. The minimum atomic E-state index is -0.796. The summed E-state index contributed by atoms with van der Waals surface area (Å²) in [5.74, 6) is -0.950. The van der Waals surface area contributed by atoms with Crippen molar-refractivity contribution in [2.24, 2.45) is 0 Å². The molecule has 1 atom stereocenters. The quantitative estimate of drug-likeness (QED) is 0.0265.